The quantitative estimate of drug-likeness (QED) is 0.295. The number of carbonyl (C=O) groups is 1. The molecule has 0 heterocycles. The first-order chi connectivity index (χ1) is 11.5. The highest BCUT2D eigenvalue weighted by Gasteiger charge is 2.13. The van der Waals surface area contributed by atoms with Crippen molar-refractivity contribution in [1.82, 2.24) is 0 Å². The van der Waals surface area contributed by atoms with Gasteiger partial charge in [-0.2, -0.15) is 5.26 Å². The predicted octanol–water partition coefficient (Wildman–Crippen LogP) is 4.12. The summed E-state index contributed by atoms with van der Waals surface area (Å²) in [6.45, 7) is 8.58. The van der Waals surface area contributed by atoms with E-state index in [1.165, 1.54) is 6.08 Å². The largest absolute Gasteiger partial charge is 0.490 e. The molecule has 24 heavy (non-hydrogen) atoms. The normalized spacial score (nSPS) is 11.1. The minimum absolute atomic E-state index is 0.0502. The lowest BCUT2D eigenvalue weighted by Crippen LogP contribution is -2.12. The van der Waals surface area contributed by atoms with Gasteiger partial charge in [-0.15, -0.1) is 0 Å². The van der Waals surface area contributed by atoms with Crippen LogP contribution in [-0.2, 0) is 9.53 Å². The number of unbranched alkanes of at least 4 members (excludes halogenated alkanes) is 1. The van der Waals surface area contributed by atoms with Crippen LogP contribution in [0.25, 0.3) is 6.08 Å². The van der Waals surface area contributed by atoms with Crippen molar-refractivity contribution >= 4 is 12.0 Å². The van der Waals surface area contributed by atoms with Crippen LogP contribution in [0.15, 0.2) is 23.8 Å². The Bertz CT molecular complexity index is 614. The summed E-state index contributed by atoms with van der Waals surface area (Å²) >= 11 is 0. The summed E-state index contributed by atoms with van der Waals surface area (Å²) in [5, 5.41) is 9.17. The lowest BCUT2D eigenvalue weighted by Gasteiger charge is -2.12. The Balaban J connectivity index is 3.02. The fourth-order valence-electron chi connectivity index (χ4n) is 1.91. The zero-order valence-corrected chi connectivity index (χ0v) is 14.8. The maximum Gasteiger partial charge on any atom is 0.349 e. The zero-order valence-electron chi connectivity index (χ0n) is 14.8. The molecule has 0 saturated carbocycles. The third-order valence-electron chi connectivity index (χ3n) is 3.02. The summed E-state index contributed by atoms with van der Waals surface area (Å²) in [4.78, 5) is 11.9. The van der Waals surface area contributed by atoms with Gasteiger partial charge < -0.3 is 14.2 Å². The van der Waals surface area contributed by atoms with Crippen LogP contribution in [0.4, 0.5) is 0 Å². The number of nitriles is 1. The second kappa shape index (κ2) is 10.3. The molecule has 1 aromatic carbocycles. The third kappa shape index (κ3) is 6.33. The molecule has 1 aromatic rings. The smallest absolute Gasteiger partial charge is 0.349 e. The standard InChI is InChI=1S/C19H25NO4/c1-5-7-10-23-17-9-8-15(12-18(17)22-6-2)11-16(13-20)19(21)24-14(3)4/h8-9,11-12,14H,5-7,10H2,1-4H3. The van der Waals surface area contributed by atoms with E-state index >= 15 is 0 Å². The molecular formula is C19H25NO4. The average Bonchev–Trinajstić information content (AvgIpc) is 2.54. The number of rotatable bonds is 9. The molecule has 130 valence electrons. The molecule has 0 spiro atoms. The first kappa shape index (κ1) is 19.6. The molecule has 0 radical (unpaired) electrons. The molecule has 0 atom stereocenters. The van der Waals surface area contributed by atoms with E-state index in [4.69, 9.17) is 19.5 Å². The van der Waals surface area contributed by atoms with Crippen LogP contribution in [0.2, 0.25) is 0 Å². The van der Waals surface area contributed by atoms with Crippen molar-refractivity contribution in [2.75, 3.05) is 13.2 Å². The van der Waals surface area contributed by atoms with E-state index in [1.54, 1.807) is 32.0 Å². The fraction of sp³-hybridized carbons (Fsp3) is 0.474. The molecule has 0 aliphatic carbocycles. The molecule has 0 amide bonds. The van der Waals surface area contributed by atoms with E-state index in [-0.39, 0.29) is 11.7 Å². The molecule has 1 rings (SSSR count). The van der Waals surface area contributed by atoms with Crippen LogP contribution in [0, 0.1) is 11.3 Å². The fourth-order valence-corrected chi connectivity index (χ4v) is 1.91. The highest BCUT2D eigenvalue weighted by Crippen LogP contribution is 2.29. The maximum atomic E-state index is 11.9. The van der Waals surface area contributed by atoms with Crippen LogP contribution in [0.1, 0.15) is 46.1 Å². The summed E-state index contributed by atoms with van der Waals surface area (Å²) in [6, 6.07) is 7.20. The molecule has 0 fully saturated rings. The summed E-state index contributed by atoms with van der Waals surface area (Å²) < 4.78 is 16.4. The highest BCUT2D eigenvalue weighted by atomic mass is 16.5. The molecule has 0 aliphatic rings. The van der Waals surface area contributed by atoms with Gasteiger partial charge in [0.15, 0.2) is 11.5 Å². The molecule has 0 saturated heterocycles. The first-order valence-electron chi connectivity index (χ1n) is 8.24. The van der Waals surface area contributed by atoms with Crippen molar-refractivity contribution in [3.05, 3.63) is 29.3 Å². The molecule has 0 aromatic heterocycles. The monoisotopic (exact) mass is 331 g/mol. The van der Waals surface area contributed by atoms with E-state index in [2.05, 4.69) is 6.92 Å². The molecule has 5 nitrogen and oxygen atoms in total. The lowest BCUT2D eigenvalue weighted by molar-refractivity contribution is -0.142. The number of esters is 1. The Kier molecular flexibility index (Phi) is 8.42. The highest BCUT2D eigenvalue weighted by molar-refractivity contribution is 5.98. The van der Waals surface area contributed by atoms with Gasteiger partial charge >= 0.3 is 5.97 Å². The molecule has 0 unspecified atom stereocenters. The van der Waals surface area contributed by atoms with Gasteiger partial charge in [-0.05, 0) is 51.0 Å². The van der Waals surface area contributed by atoms with Gasteiger partial charge in [0.2, 0.25) is 0 Å². The van der Waals surface area contributed by atoms with Gasteiger partial charge in [0.1, 0.15) is 11.6 Å². The van der Waals surface area contributed by atoms with Crippen LogP contribution in [-0.4, -0.2) is 25.3 Å². The van der Waals surface area contributed by atoms with Gasteiger partial charge in [0, 0.05) is 0 Å². The van der Waals surface area contributed by atoms with Crippen molar-refractivity contribution in [3.63, 3.8) is 0 Å². The topological polar surface area (TPSA) is 68.5 Å². The predicted molar refractivity (Wildman–Crippen MR) is 92.8 cm³/mol. The minimum Gasteiger partial charge on any atom is -0.490 e. The van der Waals surface area contributed by atoms with Crippen molar-refractivity contribution in [1.29, 1.82) is 5.26 Å². The molecule has 0 aliphatic heterocycles. The number of hydrogen-bond acceptors (Lipinski definition) is 5. The van der Waals surface area contributed by atoms with Gasteiger partial charge in [-0.1, -0.05) is 19.4 Å². The SMILES string of the molecule is CCCCOc1ccc(C=C(C#N)C(=O)OC(C)C)cc1OCC. The number of ether oxygens (including phenoxy) is 3. The van der Waals surface area contributed by atoms with Gasteiger partial charge in [0.05, 0.1) is 19.3 Å². The zero-order chi connectivity index (χ0) is 17.9. The van der Waals surface area contributed by atoms with Gasteiger partial charge in [-0.3, -0.25) is 0 Å². The second-order valence-corrected chi connectivity index (χ2v) is 5.47. The van der Waals surface area contributed by atoms with E-state index in [1.807, 2.05) is 13.0 Å². The van der Waals surface area contributed by atoms with Crippen LogP contribution < -0.4 is 9.47 Å². The van der Waals surface area contributed by atoms with Crippen molar-refractivity contribution in [2.45, 2.75) is 46.6 Å². The van der Waals surface area contributed by atoms with Crippen molar-refractivity contribution < 1.29 is 19.0 Å². The Morgan fingerprint density at radius 3 is 2.58 bits per heavy atom. The summed E-state index contributed by atoms with van der Waals surface area (Å²) in [7, 11) is 0. The van der Waals surface area contributed by atoms with E-state index in [9.17, 15) is 4.79 Å². The van der Waals surface area contributed by atoms with Crippen LogP contribution in [0.3, 0.4) is 0 Å². The molecule has 0 bridgehead atoms. The van der Waals surface area contributed by atoms with Gasteiger partial charge in [-0.25, -0.2) is 4.79 Å². The summed E-state index contributed by atoms with van der Waals surface area (Å²) in [5.41, 5.74) is 0.629. The van der Waals surface area contributed by atoms with Crippen LogP contribution in [0.5, 0.6) is 11.5 Å². The van der Waals surface area contributed by atoms with Gasteiger partial charge in [0.25, 0.3) is 0 Å². The number of nitrogens with zero attached hydrogens (tertiary/aromatic N) is 1. The summed E-state index contributed by atoms with van der Waals surface area (Å²) in [6.07, 6.45) is 3.23. The number of hydrogen-bond donors (Lipinski definition) is 0. The first-order valence-corrected chi connectivity index (χ1v) is 8.24. The Hall–Kier alpha value is -2.48. The van der Waals surface area contributed by atoms with E-state index < -0.39 is 5.97 Å². The van der Waals surface area contributed by atoms with Crippen LogP contribution >= 0.6 is 0 Å². The molecule has 5 heteroatoms. The van der Waals surface area contributed by atoms with E-state index in [0.717, 1.165) is 12.8 Å². The Morgan fingerprint density at radius 1 is 1.25 bits per heavy atom. The number of carbonyl (C=O) groups excluding carboxylic acids is 1. The van der Waals surface area contributed by atoms with Crippen molar-refractivity contribution in [3.8, 4) is 17.6 Å². The maximum absolute atomic E-state index is 11.9. The lowest BCUT2D eigenvalue weighted by atomic mass is 10.1. The Labute approximate surface area is 143 Å². The Morgan fingerprint density at radius 2 is 2.00 bits per heavy atom. The molecular weight excluding hydrogens is 306 g/mol. The molecule has 0 N–H and O–H groups in total. The summed E-state index contributed by atoms with van der Waals surface area (Å²) in [5.74, 6) is 0.622. The average molecular weight is 331 g/mol. The third-order valence-corrected chi connectivity index (χ3v) is 3.02. The van der Waals surface area contributed by atoms with E-state index in [0.29, 0.717) is 30.3 Å². The second-order valence-electron chi connectivity index (χ2n) is 5.47. The number of benzene rings is 1. The minimum atomic E-state index is -0.631. The van der Waals surface area contributed by atoms with Crippen molar-refractivity contribution in [2.24, 2.45) is 0 Å².